The van der Waals surface area contributed by atoms with Crippen molar-refractivity contribution in [2.75, 3.05) is 13.2 Å². The molecule has 7 unspecified atom stereocenters. The van der Waals surface area contributed by atoms with E-state index in [-0.39, 0.29) is 51.2 Å². The normalized spacial score (nSPS) is 42.3. The summed E-state index contributed by atoms with van der Waals surface area (Å²) in [4.78, 5) is 26.0. The largest absolute Gasteiger partial charge is 0.462 e. The van der Waals surface area contributed by atoms with E-state index in [0.717, 1.165) is 0 Å². The first kappa shape index (κ1) is 57.8. The zero-order valence-corrected chi connectivity index (χ0v) is 38.3. The monoisotopic (exact) mass is 953 g/mol. The molecule has 0 spiro atoms. The average molecular weight is 953 g/mol. The van der Waals surface area contributed by atoms with E-state index in [2.05, 4.69) is 5.32 Å². The van der Waals surface area contributed by atoms with Gasteiger partial charge in [0, 0.05) is 44.6 Å². The number of hydrogen-bond acceptors (Lipinski definition) is 19. The average Bonchev–Trinajstić information content (AvgIpc) is 3.23. The van der Waals surface area contributed by atoms with E-state index in [1.54, 1.807) is 73.8 Å². The van der Waals surface area contributed by atoms with Crippen molar-refractivity contribution >= 4 is 11.9 Å². The Kier molecular flexibility index (Phi) is 25.4. The lowest BCUT2D eigenvalue weighted by molar-refractivity contribution is -0.304. The summed E-state index contributed by atoms with van der Waals surface area (Å²) in [7, 11) is 0. The molecule has 3 aliphatic rings. The van der Waals surface area contributed by atoms with E-state index in [0.29, 0.717) is 0 Å². The highest BCUT2D eigenvalue weighted by Crippen LogP contribution is 2.38. The molecular weight excluding hydrogens is 877 g/mol. The van der Waals surface area contributed by atoms with Gasteiger partial charge in [-0.2, -0.15) is 0 Å². The van der Waals surface area contributed by atoms with Gasteiger partial charge in [-0.1, -0.05) is 92.0 Å². The Hall–Kier alpha value is -3.52. The smallest absolute Gasteiger partial charge is 0.308 e. The third-order valence-electron chi connectivity index (χ3n) is 11.6. The van der Waals surface area contributed by atoms with Crippen LogP contribution in [0.4, 0.5) is 0 Å². The number of fused-ring (bicyclic) bond motifs is 2. The molecule has 20 nitrogen and oxygen atoms in total. The lowest BCUT2D eigenvalue weighted by atomic mass is 9.82. The third-order valence-corrected chi connectivity index (χ3v) is 11.6. The van der Waals surface area contributed by atoms with E-state index >= 15 is 0 Å². The SMILES string of the molecule is C[C@H]1C[C@H](O)[C@@H](C)/C=C/C=C/C=C/C=C/C=C/C=C/C=C/C(O[C@@H]2OC[C@@H](O)[C@H](N)[C@@H]2O)C[C@@H]2OC(O)(CC(O)CC(O)C(O)CCC(O)CC(O)CC(=O)O1)C[C@H](O)[C@H]2C(=O)NCC(N)N. The van der Waals surface area contributed by atoms with E-state index in [9.17, 15) is 60.7 Å². The molecule has 0 saturated carbocycles. The Morgan fingerprint density at radius 1 is 0.731 bits per heavy atom. The molecule has 3 heterocycles. The van der Waals surface area contributed by atoms with Crippen LogP contribution in [-0.4, -0.2) is 174 Å². The molecule has 0 aromatic heterocycles. The second kappa shape index (κ2) is 29.5. The molecule has 17 atom stereocenters. The van der Waals surface area contributed by atoms with Crippen LogP contribution in [0.15, 0.2) is 85.1 Å². The van der Waals surface area contributed by atoms with Crippen LogP contribution in [0.1, 0.15) is 71.6 Å². The third kappa shape index (κ3) is 21.3. The van der Waals surface area contributed by atoms with Crippen LogP contribution in [0.2, 0.25) is 0 Å². The standard InChI is InChI=1S/C47H76N4O16/c1-28-15-13-11-9-7-5-3-4-6-8-10-12-14-16-33(66-46-44(61)43(50)38(59)27-64-46)23-39-42(45(62)51-26-40(48)49)37(58)25-47(63,67-39)24-32(54)21-36(57)34(55)18-17-30(52)20-31(53)22-41(60)65-29(2)19-35(28)56/h3-16,28-40,42-44,46,52-59,61,63H,17-27,48-50H2,1-2H3,(H,51,62)/b4-3+,7-5+,8-6+,11-9+,12-10+,15-13+,16-14+/t28-,29-,30?,31?,32?,33?,34?,35-,36?,37-,38+,39-,42+,43-,44-,46-,47?/m0/s1. The first-order valence-electron chi connectivity index (χ1n) is 22.9. The molecule has 0 aliphatic carbocycles. The van der Waals surface area contributed by atoms with Crippen LogP contribution >= 0.6 is 0 Å². The second-order valence-corrected chi connectivity index (χ2v) is 17.8. The maximum Gasteiger partial charge on any atom is 0.308 e. The molecule has 2 fully saturated rings. The van der Waals surface area contributed by atoms with E-state index < -0.39 is 141 Å². The van der Waals surface area contributed by atoms with Gasteiger partial charge in [-0.25, -0.2) is 0 Å². The Morgan fingerprint density at radius 3 is 1.94 bits per heavy atom. The van der Waals surface area contributed by atoms with Crippen molar-refractivity contribution in [1.82, 2.24) is 5.32 Å². The highest BCUT2D eigenvalue weighted by atomic mass is 16.7. The molecule has 2 saturated heterocycles. The fourth-order valence-corrected chi connectivity index (χ4v) is 7.85. The molecule has 0 aromatic rings. The quantitative estimate of drug-likeness (QED) is 0.108. The molecule has 3 aliphatic heterocycles. The van der Waals surface area contributed by atoms with Crippen molar-refractivity contribution in [3.8, 4) is 0 Å². The van der Waals surface area contributed by atoms with Crippen LogP contribution in [0, 0.1) is 11.8 Å². The zero-order chi connectivity index (χ0) is 49.7. The van der Waals surface area contributed by atoms with E-state index in [1.807, 2.05) is 25.2 Å². The minimum atomic E-state index is -2.30. The molecular formula is C47H76N4O16. The minimum absolute atomic E-state index is 0.101. The zero-order valence-electron chi connectivity index (χ0n) is 38.3. The number of nitrogens with two attached hydrogens (primary N) is 3. The van der Waals surface area contributed by atoms with Gasteiger partial charge in [0.25, 0.3) is 0 Å². The van der Waals surface area contributed by atoms with Gasteiger partial charge in [-0.05, 0) is 26.2 Å². The second-order valence-electron chi connectivity index (χ2n) is 17.8. The number of ether oxygens (including phenoxy) is 4. The van der Waals surface area contributed by atoms with Gasteiger partial charge in [0.15, 0.2) is 12.1 Å². The summed E-state index contributed by atoms with van der Waals surface area (Å²) in [5.41, 5.74) is 17.3. The van der Waals surface area contributed by atoms with Gasteiger partial charge in [-0.3, -0.25) is 9.59 Å². The summed E-state index contributed by atoms with van der Waals surface area (Å²) in [6.07, 6.45) is 4.32. The molecule has 0 radical (unpaired) electrons. The number of aliphatic hydroxyl groups excluding tert-OH is 9. The lowest BCUT2D eigenvalue weighted by Gasteiger charge is -2.45. The van der Waals surface area contributed by atoms with Crippen molar-refractivity contribution in [1.29, 1.82) is 0 Å². The molecule has 2 bridgehead atoms. The molecule has 17 N–H and O–H groups in total. The summed E-state index contributed by atoms with van der Waals surface area (Å²) >= 11 is 0. The van der Waals surface area contributed by atoms with Crippen molar-refractivity contribution in [2.45, 2.75) is 169 Å². The number of carbonyl (C=O) groups is 2. The molecule has 1 amide bonds. The fraction of sp³-hybridized carbons (Fsp3) is 0.660. The Labute approximate surface area is 392 Å². The predicted octanol–water partition coefficient (Wildman–Crippen LogP) is -1.65. The molecule has 67 heavy (non-hydrogen) atoms. The Balaban J connectivity index is 1.89. The maximum absolute atomic E-state index is 13.5. The number of rotatable bonds is 5. The number of hydrogen-bond donors (Lipinski definition) is 14. The maximum atomic E-state index is 13.5. The number of aliphatic hydroxyl groups is 10. The van der Waals surface area contributed by atoms with Crippen molar-refractivity contribution < 1.29 is 79.6 Å². The summed E-state index contributed by atoms with van der Waals surface area (Å²) in [5.74, 6) is -5.35. The van der Waals surface area contributed by atoms with Crippen molar-refractivity contribution in [3.63, 3.8) is 0 Å². The Morgan fingerprint density at radius 2 is 1.33 bits per heavy atom. The number of amides is 1. The van der Waals surface area contributed by atoms with Crippen molar-refractivity contribution in [2.24, 2.45) is 29.0 Å². The van der Waals surface area contributed by atoms with Gasteiger partial charge in [0.2, 0.25) is 5.91 Å². The number of allylic oxidation sites excluding steroid dienone is 12. The molecule has 380 valence electrons. The first-order chi connectivity index (χ1) is 31.7. The van der Waals surface area contributed by atoms with Crippen LogP contribution in [0.25, 0.3) is 0 Å². The van der Waals surface area contributed by atoms with E-state index in [4.69, 9.17) is 36.1 Å². The number of esters is 1. The number of cyclic esters (lactones) is 1. The topological polar surface area (TPSA) is 363 Å². The highest BCUT2D eigenvalue weighted by molar-refractivity contribution is 5.80. The van der Waals surface area contributed by atoms with Gasteiger partial charge < -0.3 is 92.5 Å². The number of carbonyl (C=O) groups excluding carboxylic acids is 2. The predicted molar refractivity (Wildman–Crippen MR) is 245 cm³/mol. The molecule has 20 heteroatoms. The van der Waals surface area contributed by atoms with Crippen LogP contribution in [0.3, 0.4) is 0 Å². The molecule has 0 aromatic carbocycles. The van der Waals surface area contributed by atoms with Gasteiger partial charge in [0.1, 0.15) is 12.2 Å². The summed E-state index contributed by atoms with van der Waals surface area (Å²) in [6, 6.07) is -1.12. The fourth-order valence-electron chi connectivity index (χ4n) is 7.85. The summed E-state index contributed by atoms with van der Waals surface area (Å²) < 4.78 is 23.1. The first-order valence-corrected chi connectivity index (χ1v) is 22.9. The Bertz CT molecular complexity index is 1690. The van der Waals surface area contributed by atoms with Crippen LogP contribution in [0.5, 0.6) is 0 Å². The van der Waals surface area contributed by atoms with Gasteiger partial charge >= 0.3 is 5.97 Å². The minimum Gasteiger partial charge on any atom is -0.462 e. The highest BCUT2D eigenvalue weighted by Gasteiger charge is 2.50. The van der Waals surface area contributed by atoms with Gasteiger partial charge in [0.05, 0.1) is 92.2 Å². The molecule has 3 rings (SSSR count). The van der Waals surface area contributed by atoms with Crippen molar-refractivity contribution in [3.05, 3.63) is 85.1 Å². The van der Waals surface area contributed by atoms with Crippen LogP contribution in [-0.2, 0) is 28.5 Å². The number of nitrogens with one attached hydrogen (secondary N) is 1. The van der Waals surface area contributed by atoms with Gasteiger partial charge in [-0.15, -0.1) is 0 Å². The van der Waals surface area contributed by atoms with Crippen LogP contribution < -0.4 is 22.5 Å². The lowest BCUT2D eigenvalue weighted by Crippen LogP contribution is -2.60. The summed E-state index contributed by atoms with van der Waals surface area (Å²) in [6.45, 7) is 3.02. The summed E-state index contributed by atoms with van der Waals surface area (Å²) in [5, 5.41) is 111. The van der Waals surface area contributed by atoms with E-state index in [1.165, 1.54) is 0 Å².